The van der Waals surface area contributed by atoms with Crippen molar-refractivity contribution in [3.63, 3.8) is 0 Å². The molecule has 5 nitrogen and oxygen atoms in total. The summed E-state index contributed by atoms with van der Waals surface area (Å²) in [7, 11) is 1.26. The number of hydrogen-bond acceptors (Lipinski definition) is 3. The number of carbonyl (C=O) groups excluding carboxylic acids is 1. The van der Waals surface area contributed by atoms with Crippen LogP contribution in [0.2, 0.25) is 0 Å². The van der Waals surface area contributed by atoms with Crippen molar-refractivity contribution < 1.29 is 19.4 Å². The Bertz CT molecular complexity index is 253. The van der Waals surface area contributed by atoms with Crippen molar-refractivity contribution >= 4 is 12.1 Å². The summed E-state index contributed by atoms with van der Waals surface area (Å²) >= 11 is 0. The van der Waals surface area contributed by atoms with E-state index >= 15 is 0 Å². The molecule has 1 aliphatic heterocycles. The Morgan fingerprint density at radius 2 is 2.07 bits per heavy atom. The van der Waals surface area contributed by atoms with E-state index in [0.29, 0.717) is 13.0 Å². The molecule has 1 fully saturated rings. The first-order valence-corrected chi connectivity index (χ1v) is 4.61. The summed E-state index contributed by atoms with van der Waals surface area (Å²) in [6.45, 7) is 2.01. The van der Waals surface area contributed by atoms with Crippen LogP contribution in [-0.4, -0.2) is 41.3 Å². The molecule has 14 heavy (non-hydrogen) atoms. The number of carboxylic acid groups (broad SMARTS) is 1. The van der Waals surface area contributed by atoms with Gasteiger partial charge in [-0.25, -0.2) is 9.59 Å². The van der Waals surface area contributed by atoms with Gasteiger partial charge in [-0.3, -0.25) is 4.90 Å². The summed E-state index contributed by atoms with van der Waals surface area (Å²) in [6, 6.07) is 0. The highest BCUT2D eigenvalue weighted by Gasteiger charge is 2.44. The van der Waals surface area contributed by atoms with Crippen LogP contribution >= 0.6 is 0 Å². The van der Waals surface area contributed by atoms with Crippen molar-refractivity contribution in [1.82, 2.24) is 4.90 Å². The van der Waals surface area contributed by atoms with Gasteiger partial charge >= 0.3 is 12.1 Å². The van der Waals surface area contributed by atoms with Gasteiger partial charge in [-0.15, -0.1) is 0 Å². The van der Waals surface area contributed by atoms with Gasteiger partial charge < -0.3 is 9.84 Å². The Balaban J connectivity index is 2.88. The van der Waals surface area contributed by atoms with Gasteiger partial charge in [-0.2, -0.15) is 0 Å². The van der Waals surface area contributed by atoms with Crippen molar-refractivity contribution in [1.29, 1.82) is 0 Å². The van der Waals surface area contributed by atoms with E-state index in [1.165, 1.54) is 12.0 Å². The number of carboxylic acids is 1. The molecule has 1 aliphatic rings. The van der Waals surface area contributed by atoms with Gasteiger partial charge in [0.25, 0.3) is 0 Å². The third-order valence-corrected chi connectivity index (χ3v) is 2.75. The number of methoxy groups -OCH3 is 1. The molecule has 0 aromatic rings. The predicted octanol–water partition coefficient (Wildman–Crippen LogP) is 1.08. The standard InChI is InChI=1S/C9H15NO4/c1-9(7(11)12)5-3-4-6-10(9)8(13)14-2/h3-6H2,1-2H3,(H,11,12). The van der Waals surface area contributed by atoms with Crippen LogP contribution in [0.4, 0.5) is 4.79 Å². The Labute approximate surface area is 82.6 Å². The molecule has 0 bridgehead atoms. The Morgan fingerprint density at radius 1 is 1.43 bits per heavy atom. The summed E-state index contributed by atoms with van der Waals surface area (Å²) in [5, 5.41) is 9.06. The summed E-state index contributed by atoms with van der Waals surface area (Å²) in [6.07, 6.45) is 1.58. The molecule has 1 saturated heterocycles. The van der Waals surface area contributed by atoms with E-state index in [2.05, 4.69) is 4.74 Å². The van der Waals surface area contributed by atoms with Crippen LogP contribution in [0.5, 0.6) is 0 Å². The first-order chi connectivity index (χ1) is 6.52. The van der Waals surface area contributed by atoms with Crippen LogP contribution in [-0.2, 0) is 9.53 Å². The minimum atomic E-state index is -1.11. The van der Waals surface area contributed by atoms with Crippen LogP contribution in [0.1, 0.15) is 26.2 Å². The molecule has 1 rings (SSSR count). The third kappa shape index (κ3) is 1.66. The first-order valence-electron chi connectivity index (χ1n) is 4.61. The molecule has 80 valence electrons. The molecule has 1 unspecified atom stereocenters. The SMILES string of the molecule is COC(=O)N1CCCCC1(C)C(=O)O. The lowest BCUT2D eigenvalue weighted by Crippen LogP contribution is -2.57. The number of ether oxygens (including phenoxy) is 1. The van der Waals surface area contributed by atoms with Crippen LogP contribution in [0.25, 0.3) is 0 Å². The fourth-order valence-electron chi connectivity index (χ4n) is 1.75. The largest absolute Gasteiger partial charge is 0.480 e. The van der Waals surface area contributed by atoms with Gasteiger partial charge in [0.15, 0.2) is 0 Å². The molecule has 1 atom stereocenters. The Hall–Kier alpha value is -1.26. The fraction of sp³-hybridized carbons (Fsp3) is 0.778. The van der Waals surface area contributed by atoms with E-state index in [1.807, 2.05) is 0 Å². The lowest BCUT2D eigenvalue weighted by molar-refractivity contribution is -0.151. The van der Waals surface area contributed by atoms with Crippen LogP contribution in [0.3, 0.4) is 0 Å². The van der Waals surface area contributed by atoms with Crippen LogP contribution in [0, 0.1) is 0 Å². The molecule has 0 spiro atoms. The van der Waals surface area contributed by atoms with Crippen LogP contribution in [0.15, 0.2) is 0 Å². The molecule has 0 saturated carbocycles. The Morgan fingerprint density at radius 3 is 2.57 bits per heavy atom. The third-order valence-electron chi connectivity index (χ3n) is 2.75. The maximum absolute atomic E-state index is 11.3. The number of carbonyl (C=O) groups is 2. The molecule has 0 aliphatic carbocycles. The second-order valence-corrected chi connectivity index (χ2v) is 3.66. The smallest absolute Gasteiger partial charge is 0.410 e. The van der Waals surface area contributed by atoms with E-state index < -0.39 is 17.6 Å². The lowest BCUT2D eigenvalue weighted by Gasteiger charge is -2.40. The predicted molar refractivity (Wildman–Crippen MR) is 49.0 cm³/mol. The van der Waals surface area contributed by atoms with E-state index in [1.54, 1.807) is 6.92 Å². The Kier molecular flexibility index (Phi) is 2.98. The first kappa shape index (κ1) is 10.8. The number of rotatable bonds is 1. The van der Waals surface area contributed by atoms with E-state index in [4.69, 9.17) is 5.11 Å². The van der Waals surface area contributed by atoms with Gasteiger partial charge in [-0.1, -0.05) is 0 Å². The number of piperidine rings is 1. The monoisotopic (exact) mass is 201 g/mol. The zero-order valence-corrected chi connectivity index (χ0v) is 8.45. The number of amides is 1. The number of aliphatic carboxylic acids is 1. The summed E-state index contributed by atoms with van der Waals surface area (Å²) in [5.41, 5.74) is -1.11. The average molecular weight is 201 g/mol. The zero-order chi connectivity index (χ0) is 10.8. The number of hydrogen-bond donors (Lipinski definition) is 1. The maximum Gasteiger partial charge on any atom is 0.410 e. The van der Waals surface area contributed by atoms with Gasteiger partial charge in [0, 0.05) is 6.54 Å². The zero-order valence-electron chi connectivity index (χ0n) is 8.45. The normalized spacial score (nSPS) is 27.1. The quantitative estimate of drug-likeness (QED) is 0.689. The van der Waals surface area contributed by atoms with Crippen LogP contribution < -0.4 is 0 Å². The van der Waals surface area contributed by atoms with Crippen molar-refractivity contribution in [2.45, 2.75) is 31.7 Å². The molecular weight excluding hydrogens is 186 g/mol. The summed E-state index contributed by atoms with van der Waals surface area (Å²) < 4.78 is 4.56. The lowest BCUT2D eigenvalue weighted by atomic mass is 9.89. The van der Waals surface area contributed by atoms with Gasteiger partial charge in [0.05, 0.1) is 7.11 Å². The summed E-state index contributed by atoms with van der Waals surface area (Å²) in [5.74, 6) is -0.970. The van der Waals surface area contributed by atoms with E-state index in [9.17, 15) is 9.59 Å². The van der Waals surface area contributed by atoms with Gasteiger partial charge in [0.1, 0.15) is 5.54 Å². The molecule has 0 aromatic carbocycles. The highest BCUT2D eigenvalue weighted by Crippen LogP contribution is 2.28. The number of nitrogens with zero attached hydrogens (tertiary/aromatic N) is 1. The molecule has 0 aromatic heterocycles. The fourth-order valence-corrected chi connectivity index (χ4v) is 1.75. The van der Waals surface area contributed by atoms with E-state index in [0.717, 1.165) is 12.8 Å². The molecular formula is C9H15NO4. The molecule has 1 N–H and O–H groups in total. The highest BCUT2D eigenvalue weighted by atomic mass is 16.5. The topological polar surface area (TPSA) is 66.8 Å². The second-order valence-electron chi connectivity index (χ2n) is 3.66. The minimum Gasteiger partial charge on any atom is -0.480 e. The highest BCUT2D eigenvalue weighted by molar-refractivity contribution is 5.84. The number of likely N-dealkylation sites (tertiary alicyclic amines) is 1. The van der Waals surface area contributed by atoms with Crippen molar-refractivity contribution in [2.75, 3.05) is 13.7 Å². The molecule has 1 heterocycles. The van der Waals surface area contributed by atoms with Crippen molar-refractivity contribution in [2.24, 2.45) is 0 Å². The molecule has 5 heteroatoms. The molecule has 1 amide bonds. The molecule has 0 radical (unpaired) electrons. The second kappa shape index (κ2) is 3.86. The van der Waals surface area contributed by atoms with Gasteiger partial charge in [0.2, 0.25) is 0 Å². The van der Waals surface area contributed by atoms with E-state index in [-0.39, 0.29) is 0 Å². The van der Waals surface area contributed by atoms with Crippen molar-refractivity contribution in [3.8, 4) is 0 Å². The maximum atomic E-state index is 11.3. The van der Waals surface area contributed by atoms with Gasteiger partial charge in [-0.05, 0) is 26.2 Å². The average Bonchev–Trinajstić information content (AvgIpc) is 2.17. The van der Waals surface area contributed by atoms with Crippen molar-refractivity contribution in [3.05, 3.63) is 0 Å². The minimum absolute atomic E-state index is 0.454. The summed E-state index contributed by atoms with van der Waals surface area (Å²) in [4.78, 5) is 23.7.